The number of rotatable bonds is 6. The fraction of sp³-hybridized carbons (Fsp3) is 0.409. The van der Waals surface area contributed by atoms with Crippen LogP contribution < -0.4 is 5.32 Å². The van der Waals surface area contributed by atoms with Crippen molar-refractivity contribution >= 4 is 5.91 Å². The second kappa shape index (κ2) is 8.21. The minimum atomic E-state index is -0.113. The molecule has 1 amide bonds. The summed E-state index contributed by atoms with van der Waals surface area (Å²) in [6, 6.07) is 10.3. The van der Waals surface area contributed by atoms with Crippen LogP contribution in [0.15, 0.2) is 41.1 Å². The van der Waals surface area contributed by atoms with Crippen molar-refractivity contribution in [1.29, 1.82) is 0 Å². The number of nitrogens with one attached hydrogen (secondary N) is 1. The molecule has 0 spiro atoms. The van der Waals surface area contributed by atoms with E-state index in [1.165, 1.54) is 0 Å². The van der Waals surface area contributed by atoms with E-state index in [2.05, 4.69) is 32.1 Å². The highest BCUT2D eigenvalue weighted by atomic mass is 16.5. The molecule has 1 unspecified atom stereocenters. The van der Waals surface area contributed by atoms with Crippen molar-refractivity contribution < 1.29 is 9.32 Å². The molecule has 0 aliphatic carbocycles. The van der Waals surface area contributed by atoms with E-state index in [0.717, 1.165) is 54.5 Å². The average molecular weight is 393 g/mol. The average Bonchev–Trinajstić information content (AvgIpc) is 3.31. The number of amides is 1. The molecule has 152 valence electrons. The SMILES string of the molecule is CCCNC(=O)c1cn2c(n1)C(c1ccccc1)N(Cc1c(C)noc1C)CC2. The van der Waals surface area contributed by atoms with Gasteiger partial charge in [0.1, 0.15) is 17.3 Å². The molecule has 7 nitrogen and oxygen atoms in total. The Hall–Kier alpha value is -2.93. The lowest BCUT2D eigenvalue weighted by Gasteiger charge is -2.36. The number of benzene rings is 1. The highest BCUT2D eigenvalue weighted by molar-refractivity contribution is 5.92. The molecule has 0 saturated carbocycles. The van der Waals surface area contributed by atoms with E-state index in [9.17, 15) is 4.79 Å². The Labute approximate surface area is 170 Å². The van der Waals surface area contributed by atoms with Gasteiger partial charge in [-0.05, 0) is 25.8 Å². The van der Waals surface area contributed by atoms with E-state index in [-0.39, 0.29) is 11.9 Å². The summed E-state index contributed by atoms with van der Waals surface area (Å²) >= 11 is 0. The Kier molecular flexibility index (Phi) is 5.49. The first kappa shape index (κ1) is 19.4. The quantitative estimate of drug-likeness (QED) is 0.696. The molecule has 1 aliphatic heterocycles. The first-order valence-corrected chi connectivity index (χ1v) is 10.1. The zero-order valence-corrected chi connectivity index (χ0v) is 17.2. The van der Waals surface area contributed by atoms with Gasteiger partial charge in [0.2, 0.25) is 0 Å². The lowest BCUT2D eigenvalue weighted by Crippen LogP contribution is -2.38. The minimum absolute atomic E-state index is 0.0358. The Balaban J connectivity index is 1.70. The van der Waals surface area contributed by atoms with Crippen LogP contribution in [0.25, 0.3) is 0 Å². The fourth-order valence-corrected chi connectivity index (χ4v) is 3.89. The molecule has 3 heterocycles. The standard InChI is InChI=1S/C22H27N5O2/c1-4-10-23-22(28)19-14-27-12-11-26(13-18-15(2)25-29-16(18)3)20(21(27)24-19)17-8-6-5-7-9-17/h5-9,14,20H,4,10-13H2,1-3H3,(H,23,28). The third-order valence-corrected chi connectivity index (χ3v) is 5.47. The van der Waals surface area contributed by atoms with Gasteiger partial charge in [-0.25, -0.2) is 4.98 Å². The van der Waals surface area contributed by atoms with Crippen LogP contribution in [0.1, 0.15) is 58.3 Å². The number of carbonyl (C=O) groups excluding carboxylic acids is 1. The van der Waals surface area contributed by atoms with Crippen molar-refractivity contribution in [2.75, 3.05) is 13.1 Å². The third-order valence-electron chi connectivity index (χ3n) is 5.47. The number of imidazole rings is 1. The number of carbonyl (C=O) groups is 1. The molecule has 0 fully saturated rings. The van der Waals surface area contributed by atoms with Crippen LogP contribution in [0.5, 0.6) is 0 Å². The summed E-state index contributed by atoms with van der Waals surface area (Å²) in [5.41, 5.74) is 3.68. The molecule has 1 atom stereocenters. The molecule has 1 aliphatic rings. The monoisotopic (exact) mass is 393 g/mol. The van der Waals surface area contributed by atoms with Gasteiger partial charge in [-0.1, -0.05) is 42.4 Å². The molecule has 0 saturated heterocycles. The van der Waals surface area contributed by atoms with Gasteiger partial charge in [0.05, 0.1) is 11.7 Å². The van der Waals surface area contributed by atoms with Crippen LogP contribution in [0, 0.1) is 13.8 Å². The maximum atomic E-state index is 12.5. The molecule has 1 N–H and O–H groups in total. The lowest BCUT2D eigenvalue weighted by atomic mass is 10.0. The smallest absolute Gasteiger partial charge is 0.271 e. The Morgan fingerprint density at radius 1 is 1.24 bits per heavy atom. The number of fused-ring (bicyclic) bond motifs is 1. The van der Waals surface area contributed by atoms with Gasteiger partial charge in [0.15, 0.2) is 0 Å². The van der Waals surface area contributed by atoms with Crippen molar-refractivity contribution in [2.45, 2.75) is 46.3 Å². The summed E-state index contributed by atoms with van der Waals surface area (Å²) in [6.45, 7) is 8.99. The van der Waals surface area contributed by atoms with Crippen LogP contribution in [-0.2, 0) is 13.1 Å². The van der Waals surface area contributed by atoms with Crippen LogP contribution >= 0.6 is 0 Å². The highest BCUT2D eigenvalue weighted by Gasteiger charge is 2.33. The summed E-state index contributed by atoms with van der Waals surface area (Å²) in [6.07, 6.45) is 2.78. The summed E-state index contributed by atoms with van der Waals surface area (Å²) in [4.78, 5) is 19.6. The molecule has 2 aromatic heterocycles. The van der Waals surface area contributed by atoms with Crippen molar-refractivity contribution in [2.24, 2.45) is 0 Å². The Morgan fingerprint density at radius 3 is 2.72 bits per heavy atom. The Bertz CT molecular complexity index is 973. The van der Waals surface area contributed by atoms with E-state index in [1.54, 1.807) is 0 Å². The minimum Gasteiger partial charge on any atom is -0.361 e. The lowest BCUT2D eigenvalue weighted by molar-refractivity contribution is 0.0949. The van der Waals surface area contributed by atoms with Gasteiger partial charge in [-0.2, -0.15) is 0 Å². The molecule has 3 aromatic rings. The second-order valence-corrected chi connectivity index (χ2v) is 7.52. The molecular weight excluding hydrogens is 366 g/mol. The largest absolute Gasteiger partial charge is 0.361 e. The molecule has 0 radical (unpaired) electrons. The van der Waals surface area contributed by atoms with Crippen molar-refractivity contribution in [3.05, 3.63) is 70.6 Å². The molecular formula is C22H27N5O2. The van der Waals surface area contributed by atoms with Gasteiger partial charge in [0, 0.05) is 37.9 Å². The van der Waals surface area contributed by atoms with E-state index in [0.29, 0.717) is 12.2 Å². The van der Waals surface area contributed by atoms with Gasteiger partial charge in [-0.3, -0.25) is 9.69 Å². The zero-order valence-electron chi connectivity index (χ0n) is 17.2. The summed E-state index contributed by atoms with van der Waals surface area (Å²) in [7, 11) is 0. The second-order valence-electron chi connectivity index (χ2n) is 7.52. The van der Waals surface area contributed by atoms with E-state index >= 15 is 0 Å². The van der Waals surface area contributed by atoms with Gasteiger partial charge in [0.25, 0.3) is 5.91 Å². The summed E-state index contributed by atoms with van der Waals surface area (Å²) in [5, 5.41) is 7.03. The van der Waals surface area contributed by atoms with Gasteiger partial charge >= 0.3 is 0 Å². The van der Waals surface area contributed by atoms with Crippen LogP contribution in [0.4, 0.5) is 0 Å². The Morgan fingerprint density at radius 2 is 2.03 bits per heavy atom. The van der Waals surface area contributed by atoms with E-state index in [4.69, 9.17) is 9.51 Å². The topological polar surface area (TPSA) is 76.2 Å². The predicted molar refractivity (Wildman–Crippen MR) is 110 cm³/mol. The molecule has 0 bridgehead atoms. The third kappa shape index (κ3) is 3.82. The van der Waals surface area contributed by atoms with Crippen LogP contribution in [-0.4, -0.2) is 38.6 Å². The van der Waals surface area contributed by atoms with E-state index < -0.39 is 0 Å². The first-order valence-electron chi connectivity index (χ1n) is 10.1. The van der Waals surface area contributed by atoms with Gasteiger partial charge in [-0.15, -0.1) is 0 Å². The highest BCUT2D eigenvalue weighted by Crippen LogP contribution is 2.33. The first-order chi connectivity index (χ1) is 14.1. The van der Waals surface area contributed by atoms with Crippen LogP contribution in [0.3, 0.4) is 0 Å². The molecule has 7 heteroatoms. The maximum absolute atomic E-state index is 12.5. The van der Waals surface area contributed by atoms with Crippen molar-refractivity contribution in [3.8, 4) is 0 Å². The molecule has 29 heavy (non-hydrogen) atoms. The van der Waals surface area contributed by atoms with Crippen molar-refractivity contribution in [1.82, 2.24) is 24.9 Å². The molecule has 1 aromatic carbocycles. The number of aryl methyl sites for hydroxylation is 2. The molecule has 4 rings (SSSR count). The number of hydrogen-bond acceptors (Lipinski definition) is 5. The normalized spacial score (nSPS) is 16.6. The van der Waals surface area contributed by atoms with Crippen LogP contribution in [0.2, 0.25) is 0 Å². The summed E-state index contributed by atoms with van der Waals surface area (Å²) in [5.74, 6) is 1.64. The number of nitrogens with zero attached hydrogens (tertiary/aromatic N) is 4. The predicted octanol–water partition coefficient (Wildman–Crippen LogP) is 3.23. The van der Waals surface area contributed by atoms with Crippen molar-refractivity contribution in [3.63, 3.8) is 0 Å². The number of aromatic nitrogens is 3. The van der Waals surface area contributed by atoms with Gasteiger partial charge < -0.3 is 14.4 Å². The zero-order chi connectivity index (χ0) is 20.4. The van der Waals surface area contributed by atoms with E-state index in [1.807, 2.05) is 45.2 Å². The number of hydrogen-bond donors (Lipinski definition) is 1. The fourth-order valence-electron chi connectivity index (χ4n) is 3.89. The maximum Gasteiger partial charge on any atom is 0.271 e. The summed E-state index contributed by atoms with van der Waals surface area (Å²) < 4.78 is 7.48.